The van der Waals surface area contributed by atoms with Crippen LogP contribution in [0.3, 0.4) is 0 Å². The van der Waals surface area contributed by atoms with Gasteiger partial charge < -0.3 is 4.74 Å². The van der Waals surface area contributed by atoms with E-state index in [0.29, 0.717) is 11.3 Å². The molecule has 0 amide bonds. The molecule has 0 bridgehead atoms. The number of hydrogen-bond acceptors (Lipinski definition) is 3. The summed E-state index contributed by atoms with van der Waals surface area (Å²) in [6, 6.07) is 12.7. The number of carbonyl (C=O) groups is 1. The van der Waals surface area contributed by atoms with Crippen LogP contribution in [-0.4, -0.2) is 16.5 Å². The second-order valence-electron chi connectivity index (χ2n) is 3.91. The first kappa shape index (κ1) is 10.5. The number of nitrogens with one attached hydrogen (secondary N) is 1. The zero-order valence-corrected chi connectivity index (χ0v) is 9.46. The lowest BCUT2D eigenvalue weighted by Gasteiger charge is -2.05. The van der Waals surface area contributed by atoms with Crippen molar-refractivity contribution in [3.8, 4) is 11.5 Å². The summed E-state index contributed by atoms with van der Waals surface area (Å²) in [5.41, 5.74) is 1.60. The minimum atomic E-state index is 0.632. The molecule has 1 N–H and O–H groups in total. The Kier molecular flexibility index (Phi) is 2.53. The molecule has 4 nitrogen and oxygen atoms in total. The van der Waals surface area contributed by atoms with E-state index in [1.165, 1.54) is 0 Å². The molecular formula is C14H10N2O2. The van der Waals surface area contributed by atoms with Gasteiger partial charge in [-0.25, -0.2) is 0 Å². The number of aromatic nitrogens is 2. The Labute approximate surface area is 103 Å². The predicted molar refractivity (Wildman–Crippen MR) is 68.0 cm³/mol. The Bertz CT molecular complexity index is 686. The van der Waals surface area contributed by atoms with Gasteiger partial charge >= 0.3 is 0 Å². The van der Waals surface area contributed by atoms with Gasteiger partial charge in [-0.1, -0.05) is 0 Å². The van der Waals surface area contributed by atoms with Gasteiger partial charge in [0.1, 0.15) is 17.8 Å². The number of H-pyrrole nitrogens is 1. The maximum Gasteiger partial charge on any atom is 0.150 e. The average molecular weight is 238 g/mol. The first-order valence-electron chi connectivity index (χ1n) is 5.51. The van der Waals surface area contributed by atoms with Crippen LogP contribution in [0.5, 0.6) is 11.5 Å². The zero-order valence-electron chi connectivity index (χ0n) is 9.46. The molecule has 0 atom stereocenters. The van der Waals surface area contributed by atoms with Crippen LogP contribution in [0.15, 0.2) is 48.7 Å². The van der Waals surface area contributed by atoms with Crippen molar-refractivity contribution in [3.63, 3.8) is 0 Å². The highest BCUT2D eigenvalue weighted by Gasteiger charge is 2.00. The summed E-state index contributed by atoms with van der Waals surface area (Å²) in [7, 11) is 0. The summed E-state index contributed by atoms with van der Waals surface area (Å²) in [4.78, 5) is 10.5. The van der Waals surface area contributed by atoms with Crippen molar-refractivity contribution in [3.05, 3.63) is 54.2 Å². The number of fused-ring (bicyclic) bond motifs is 1. The standard InChI is InChI=1S/C14H10N2O2/c17-9-10-1-3-12(4-2-10)18-13-5-6-14-11(7-13)8-15-16-14/h1-9H,(H,15,16). The SMILES string of the molecule is O=Cc1ccc(Oc2ccc3[nH]ncc3c2)cc1. The van der Waals surface area contributed by atoms with E-state index < -0.39 is 0 Å². The molecule has 0 fully saturated rings. The summed E-state index contributed by atoms with van der Waals surface area (Å²) in [6.45, 7) is 0. The van der Waals surface area contributed by atoms with Gasteiger partial charge in [-0.15, -0.1) is 0 Å². The van der Waals surface area contributed by atoms with Crippen molar-refractivity contribution >= 4 is 17.2 Å². The number of benzene rings is 2. The van der Waals surface area contributed by atoms with Gasteiger partial charge in [0, 0.05) is 10.9 Å². The van der Waals surface area contributed by atoms with E-state index in [2.05, 4.69) is 10.2 Å². The molecule has 0 saturated carbocycles. The Hall–Kier alpha value is -2.62. The molecule has 0 spiro atoms. The maximum atomic E-state index is 10.5. The first-order valence-corrected chi connectivity index (χ1v) is 5.51. The van der Waals surface area contributed by atoms with E-state index in [0.717, 1.165) is 22.9 Å². The van der Waals surface area contributed by atoms with E-state index in [1.807, 2.05) is 18.2 Å². The lowest BCUT2D eigenvalue weighted by Crippen LogP contribution is -1.85. The van der Waals surface area contributed by atoms with E-state index in [4.69, 9.17) is 4.74 Å². The molecular weight excluding hydrogens is 228 g/mol. The molecule has 88 valence electrons. The van der Waals surface area contributed by atoms with Crippen LogP contribution >= 0.6 is 0 Å². The quantitative estimate of drug-likeness (QED) is 0.713. The molecule has 4 heteroatoms. The molecule has 1 heterocycles. The molecule has 18 heavy (non-hydrogen) atoms. The Balaban J connectivity index is 1.87. The summed E-state index contributed by atoms with van der Waals surface area (Å²) < 4.78 is 5.70. The summed E-state index contributed by atoms with van der Waals surface area (Å²) >= 11 is 0. The van der Waals surface area contributed by atoms with E-state index in [9.17, 15) is 4.79 Å². The van der Waals surface area contributed by atoms with Gasteiger partial charge in [0.05, 0.1) is 11.7 Å². The van der Waals surface area contributed by atoms with Gasteiger partial charge in [-0.3, -0.25) is 9.89 Å². The van der Waals surface area contributed by atoms with Crippen molar-refractivity contribution in [2.75, 3.05) is 0 Å². The molecule has 0 saturated heterocycles. The van der Waals surface area contributed by atoms with E-state index in [-0.39, 0.29) is 0 Å². The third-order valence-corrected chi connectivity index (χ3v) is 2.66. The summed E-state index contributed by atoms with van der Waals surface area (Å²) in [5.74, 6) is 1.44. The number of carbonyl (C=O) groups excluding carboxylic acids is 1. The molecule has 3 aromatic rings. The molecule has 1 aromatic heterocycles. The normalized spacial score (nSPS) is 10.4. The highest BCUT2D eigenvalue weighted by atomic mass is 16.5. The molecule has 0 radical (unpaired) electrons. The molecule has 3 rings (SSSR count). The third kappa shape index (κ3) is 1.96. The largest absolute Gasteiger partial charge is 0.457 e. The van der Waals surface area contributed by atoms with Gasteiger partial charge in [-0.2, -0.15) is 5.10 Å². The number of hydrogen-bond donors (Lipinski definition) is 1. The summed E-state index contributed by atoms with van der Waals surface area (Å²) in [6.07, 6.45) is 2.55. The highest BCUT2D eigenvalue weighted by molar-refractivity contribution is 5.79. The monoisotopic (exact) mass is 238 g/mol. The van der Waals surface area contributed by atoms with Crippen molar-refractivity contribution in [2.45, 2.75) is 0 Å². The van der Waals surface area contributed by atoms with Crippen LogP contribution in [0.2, 0.25) is 0 Å². The zero-order chi connectivity index (χ0) is 12.4. The minimum absolute atomic E-state index is 0.632. The number of nitrogens with zero attached hydrogens (tertiary/aromatic N) is 1. The van der Waals surface area contributed by atoms with Gasteiger partial charge in [-0.05, 0) is 42.5 Å². The van der Waals surface area contributed by atoms with Crippen LogP contribution < -0.4 is 4.74 Å². The van der Waals surface area contributed by atoms with Crippen LogP contribution in [0, 0.1) is 0 Å². The number of ether oxygens (including phenoxy) is 1. The van der Waals surface area contributed by atoms with Crippen LogP contribution in [-0.2, 0) is 0 Å². The molecule has 0 aliphatic carbocycles. The van der Waals surface area contributed by atoms with Crippen molar-refractivity contribution in [1.29, 1.82) is 0 Å². The van der Waals surface area contributed by atoms with Crippen molar-refractivity contribution in [2.24, 2.45) is 0 Å². The average Bonchev–Trinajstić information content (AvgIpc) is 2.87. The Morgan fingerprint density at radius 1 is 1.06 bits per heavy atom. The van der Waals surface area contributed by atoms with Crippen LogP contribution in [0.4, 0.5) is 0 Å². The van der Waals surface area contributed by atoms with Crippen molar-refractivity contribution < 1.29 is 9.53 Å². The highest BCUT2D eigenvalue weighted by Crippen LogP contribution is 2.24. The van der Waals surface area contributed by atoms with Gasteiger partial charge in [0.25, 0.3) is 0 Å². The van der Waals surface area contributed by atoms with E-state index >= 15 is 0 Å². The lowest BCUT2D eigenvalue weighted by molar-refractivity contribution is 0.112. The fraction of sp³-hybridized carbons (Fsp3) is 0. The van der Waals surface area contributed by atoms with Crippen molar-refractivity contribution in [1.82, 2.24) is 10.2 Å². The minimum Gasteiger partial charge on any atom is -0.457 e. The predicted octanol–water partition coefficient (Wildman–Crippen LogP) is 3.17. The van der Waals surface area contributed by atoms with E-state index in [1.54, 1.807) is 30.5 Å². The van der Waals surface area contributed by atoms with Crippen LogP contribution in [0.1, 0.15) is 10.4 Å². The topological polar surface area (TPSA) is 55.0 Å². The lowest BCUT2D eigenvalue weighted by atomic mass is 10.2. The number of rotatable bonds is 3. The van der Waals surface area contributed by atoms with Crippen LogP contribution in [0.25, 0.3) is 10.9 Å². The summed E-state index contributed by atoms with van der Waals surface area (Å²) in [5, 5.41) is 7.83. The Morgan fingerprint density at radius 3 is 2.61 bits per heavy atom. The maximum absolute atomic E-state index is 10.5. The third-order valence-electron chi connectivity index (χ3n) is 2.66. The smallest absolute Gasteiger partial charge is 0.150 e. The second kappa shape index (κ2) is 4.33. The number of aldehydes is 1. The molecule has 0 unspecified atom stereocenters. The Morgan fingerprint density at radius 2 is 1.83 bits per heavy atom. The molecule has 0 aliphatic rings. The molecule has 2 aromatic carbocycles. The number of aromatic amines is 1. The fourth-order valence-corrected chi connectivity index (χ4v) is 1.73. The first-order chi connectivity index (χ1) is 8.85. The van der Waals surface area contributed by atoms with Gasteiger partial charge in [0.2, 0.25) is 0 Å². The van der Waals surface area contributed by atoms with Gasteiger partial charge in [0.15, 0.2) is 0 Å². The second-order valence-corrected chi connectivity index (χ2v) is 3.91. The fourth-order valence-electron chi connectivity index (χ4n) is 1.73. The molecule has 0 aliphatic heterocycles.